The van der Waals surface area contributed by atoms with E-state index in [-0.39, 0.29) is 6.09 Å². The monoisotopic (exact) mass is 341 g/mol. The van der Waals surface area contributed by atoms with Crippen molar-refractivity contribution in [1.82, 2.24) is 4.90 Å². The number of rotatable bonds is 2. The van der Waals surface area contributed by atoms with E-state index in [9.17, 15) is 4.79 Å². The summed E-state index contributed by atoms with van der Waals surface area (Å²) in [5.41, 5.74) is 0.463. The van der Waals surface area contributed by atoms with E-state index in [4.69, 9.17) is 4.74 Å². The van der Waals surface area contributed by atoms with Crippen molar-refractivity contribution >= 4 is 6.09 Å². The van der Waals surface area contributed by atoms with Crippen molar-refractivity contribution in [2.24, 2.45) is 23.7 Å². The Morgan fingerprint density at radius 2 is 1.52 bits per heavy atom. The molecular formula is C22H31NO2. The lowest BCUT2D eigenvalue weighted by atomic mass is 9.59. The zero-order chi connectivity index (χ0) is 17.4. The lowest BCUT2D eigenvalue weighted by Gasteiger charge is -2.52. The highest BCUT2D eigenvalue weighted by atomic mass is 16.6. The van der Waals surface area contributed by atoms with Crippen molar-refractivity contribution < 1.29 is 9.53 Å². The van der Waals surface area contributed by atoms with Crippen LogP contribution in [0.2, 0.25) is 0 Å². The average Bonchev–Trinajstić information content (AvgIpc) is 2.62. The molecule has 4 rings (SSSR count). The zero-order valence-electron chi connectivity index (χ0n) is 15.6. The maximum Gasteiger partial charge on any atom is 0.410 e. The van der Waals surface area contributed by atoms with Gasteiger partial charge in [-0.25, -0.2) is 4.79 Å². The number of benzene rings is 1. The van der Waals surface area contributed by atoms with E-state index in [1.54, 1.807) is 0 Å². The Kier molecular flexibility index (Phi) is 4.51. The molecule has 1 heterocycles. The van der Waals surface area contributed by atoms with Gasteiger partial charge >= 0.3 is 6.09 Å². The minimum absolute atomic E-state index is 0.125. The summed E-state index contributed by atoms with van der Waals surface area (Å²) in [5, 5.41) is 0. The fourth-order valence-corrected chi connectivity index (χ4v) is 5.75. The molecule has 3 aliphatic rings. The topological polar surface area (TPSA) is 29.5 Å². The van der Waals surface area contributed by atoms with E-state index in [1.165, 1.54) is 38.5 Å². The van der Waals surface area contributed by atoms with Gasteiger partial charge in [0.05, 0.1) is 0 Å². The third-order valence-electron chi connectivity index (χ3n) is 6.91. The summed E-state index contributed by atoms with van der Waals surface area (Å²) in [4.78, 5) is 14.9. The third-order valence-corrected chi connectivity index (χ3v) is 6.91. The first-order valence-corrected chi connectivity index (χ1v) is 10.1. The van der Waals surface area contributed by atoms with Crippen LogP contribution in [0.4, 0.5) is 4.79 Å². The summed E-state index contributed by atoms with van der Waals surface area (Å²) >= 11 is 0. The largest absolute Gasteiger partial charge is 0.438 e. The van der Waals surface area contributed by atoms with Crippen molar-refractivity contribution in [1.29, 1.82) is 0 Å². The predicted molar refractivity (Wildman–Crippen MR) is 99.2 cm³/mol. The maximum atomic E-state index is 12.9. The van der Waals surface area contributed by atoms with Gasteiger partial charge < -0.3 is 9.64 Å². The summed E-state index contributed by atoms with van der Waals surface area (Å²) in [6, 6.07) is 10.1. The van der Waals surface area contributed by atoms with Crippen molar-refractivity contribution in [2.45, 2.75) is 58.0 Å². The second-order valence-corrected chi connectivity index (χ2v) is 8.87. The number of piperidine rings is 1. The first kappa shape index (κ1) is 16.9. The van der Waals surface area contributed by atoms with Crippen LogP contribution in [0.1, 0.15) is 57.9 Å². The Hall–Kier alpha value is -1.51. The molecule has 3 nitrogen and oxygen atoms in total. The van der Waals surface area contributed by atoms with E-state index < -0.39 is 5.60 Å². The number of nitrogens with zero attached hydrogens (tertiary/aromatic N) is 1. The molecule has 1 aromatic carbocycles. The van der Waals surface area contributed by atoms with Gasteiger partial charge in [-0.05, 0) is 55.9 Å². The molecule has 0 radical (unpaired) electrons. The standard InChI is InChI=1S/C22H31NO2/c1-22(2,19-12-4-3-5-13-19)25-21(24)23-14-17-10-6-8-16-9-7-11-18(15-23)20(16)17/h3-5,12-13,16-18,20H,6-11,14-15H2,1-2H3. The second-order valence-electron chi connectivity index (χ2n) is 8.87. The SMILES string of the molecule is CC(C)(OC(=O)N1CC2CCCC3CCCC(C1)C32)c1ccccc1. The Balaban J connectivity index is 1.46. The van der Waals surface area contributed by atoms with Crippen LogP contribution in [0, 0.1) is 23.7 Å². The van der Waals surface area contributed by atoms with Crippen LogP contribution in [0.3, 0.4) is 0 Å². The molecule has 3 fully saturated rings. The van der Waals surface area contributed by atoms with Gasteiger partial charge in [-0.3, -0.25) is 0 Å². The minimum Gasteiger partial charge on any atom is -0.438 e. The van der Waals surface area contributed by atoms with E-state index in [0.717, 1.165) is 30.5 Å². The fourth-order valence-electron chi connectivity index (χ4n) is 5.75. The highest BCUT2D eigenvalue weighted by Gasteiger charge is 2.46. The minimum atomic E-state index is -0.586. The van der Waals surface area contributed by atoms with E-state index in [2.05, 4.69) is 0 Å². The second kappa shape index (κ2) is 6.66. The summed E-state index contributed by atoms with van der Waals surface area (Å²) < 4.78 is 5.97. The van der Waals surface area contributed by atoms with E-state index >= 15 is 0 Å². The zero-order valence-corrected chi connectivity index (χ0v) is 15.6. The van der Waals surface area contributed by atoms with Crippen LogP contribution >= 0.6 is 0 Å². The summed E-state index contributed by atoms with van der Waals surface area (Å²) in [6.45, 7) is 5.79. The van der Waals surface area contributed by atoms with Gasteiger partial charge in [0.1, 0.15) is 5.60 Å². The van der Waals surface area contributed by atoms with Gasteiger partial charge in [0.15, 0.2) is 0 Å². The summed E-state index contributed by atoms with van der Waals surface area (Å²) in [7, 11) is 0. The van der Waals surface area contributed by atoms with Crippen molar-refractivity contribution in [2.75, 3.05) is 13.1 Å². The molecule has 2 saturated carbocycles. The van der Waals surface area contributed by atoms with Gasteiger partial charge in [-0.15, -0.1) is 0 Å². The molecule has 1 aliphatic heterocycles. The molecule has 2 unspecified atom stereocenters. The summed E-state index contributed by atoms with van der Waals surface area (Å²) in [6.07, 6.45) is 7.99. The first-order chi connectivity index (χ1) is 12.0. The normalized spacial score (nSPS) is 32.0. The summed E-state index contributed by atoms with van der Waals surface area (Å²) in [5.74, 6) is 3.19. The van der Waals surface area contributed by atoms with Crippen LogP contribution < -0.4 is 0 Å². The molecule has 2 aliphatic carbocycles. The van der Waals surface area contributed by atoms with Crippen molar-refractivity contribution in [3.63, 3.8) is 0 Å². The number of likely N-dealkylation sites (tertiary alicyclic amines) is 1. The molecule has 3 heteroatoms. The quantitative estimate of drug-likeness (QED) is 0.739. The van der Waals surface area contributed by atoms with Gasteiger partial charge in [-0.1, -0.05) is 56.0 Å². The number of carbonyl (C=O) groups excluding carboxylic acids is 1. The maximum absolute atomic E-state index is 12.9. The van der Waals surface area contributed by atoms with Gasteiger partial charge in [-0.2, -0.15) is 0 Å². The highest BCUT2D eigenvalue weighted by Crippen LogP contribution is 2.49. The Labute approximate surface area is 151 Å². The molecule has 1 aromatic rings. The van der Waals surface area contributed by atoms with Gasteiger partial charge in [0.2, 0.25) is 0 Å². The smallest absolute Gasteiger partial charge is 0.410 e. The number of hydrogen-bond donors (Lipinski definition) is 0. The van der Waals surface area contributed by atoms with E-state index in [0.29, 0.717) is 11.8 Å². The van der Waals surface area contributed by atoms with Gasteiger partial charge in [0.25, 0.3) is 0 Å². The molecule has 0 spiro atoms. The Morgan fingerprint density at radius 3 is 2.12 bits per heavy atom. The number of carbonyl (C=O) groups is 1. The van der Waals surface area contributed by atoms with Crippen LogP contribution in [0.25, 0.3) is 0 Å². The van der Waals surface area contributed by atoms with Crippen molar-refractivity contribution in [3.8, 4) is 0 Å². The fraction of sp³-hybridized carbons (Fsp3) is 0.682. The molecular weight excluding hydrogens is 310 g/mol. The predicted octanol–water partition coefficient (Wildman–Crippen LogP) is 5.21. The molecule has 0 N–H and O–H groups in total. The van der Waals surface area contributed by atoms with Crippen molar-refractivity contribution in [3.05, 3.63) is 35.9 Å². The Bertz CT molecular complexity index is 592. The Morgan fingerprint density at radius 1 is 0.960 bits per heavy atom. The molecule has 1 saturated heterocycles. The molecule has 136 valence electrons. The average molecular weight is 341 g/mol. The molecule has 2 atom stereocenters. The lowest BCUT2D eigenvalue weighted by molar-refractivity contribution is -0.0467. The van der Waals surface area contributed by atoms with Crippen LogP contribution in [-0.2, 0) is 10.3 Å². The molecule has 1 amide bonds. The highest BCUT2D eigenvalue weighted by molar-refractivity contribution is 5.68. The number of ether oxygens (including phenoxy) is 1. The third kappa shape index (κ3) is 3.30. The number of amides is 1. The van der Waals surface area contributed by atoms with E-state index in [1.807, 2.05) is 49.1 Å². The first-order valence-electron chi connectivity index (χ1n) is 10.1. The van der Waals surface area contributed by atoms with Gasteiger partial charge in [0, 0.05) is 13.1 Å². The molecule has 25 heavy (non-hydrogen) atoms. The van der Waals surface area contributed by atoms with Crippen LogP contribution in [0.5, 0.6) is 0 Å². The molecule has 0 aromatic heterocycles. The van der Waals surface area contributed by atoms with Crippen LogP contribution in [-0.4, -0.2) is 24.1 Å². The molecule has 0 bridgehead atoms. The van der Waals surface area contributed by atoms with Crippen LogP contribution in [0.15, 0.2) is 30.3 Å². The lowest BCUT2D eigenvalue weighted by Crippen LogP contribution is -2.54. The number of hydrogen-bond acceptors (Lipinski definition) is 2.